The van der Waals surface area contributed by atoms with Gasteiger partial charge in [-0.1, -0.05) is 6.07 Å². The van der Waals surface area contributed by atoms with Gasteiger partial charge in [0.2, 0.25) is 5.91 Å². The van der Waals surface area contributed by atoms with Gasteiger partial charge in [-0.3, -0.25) is 4.79 Å². The van der Waals surface area contributed by atoms with Crippen molar-refractivity contribution < 1.29 is 13.2 Å². The summed E-state index contributed by atoms with van der Waals surface area (Å²) in [5.41, 5.74) is 1.42. The number of fused-ring (bicyclic) bond motifs is 1. The standard InChI is InChI=1S/C13H16N2O3S/c16-13(10-3-5-14-8-10)15-11-2-1-9-4-6-19(17,18)12(9)7-11/h1-2,7,10,14H,3-6,8H2,(H,15,16). The quantitative estimate of drug-likeness (QED) is 0.830. The van der Waals surface area contributed by atoms with Crippen LogP contribution < -0.4 is 10.6 Å². The van der Waals surface area contributed by atoms with Gasteiger partial charge in [-0.15, -0.1) is 0 Å². The first-order valence-corrected chi connectivity index (χ1v) is 8.09. The third-order valence-electron chi connectivity index (χ3n) is 3.74. The first-order chi connectivity index (χ1) is 9.06. The van der Waals surface area contributed by atoms with E-state index in [9.17, 15) is 13.2 Å². The van der Waals surface area contributed by atoms with Crippen molar-refractivity contribution in [1.82, 2.24) is 5.32 Å². The minimum Gasteiger partial charge on any atom is -0.326 e. The molecule has 1 aromatic carbocycles. The van der Waals surface area contributed by atoms with Crippen molar-refractivity contribution in [2.75, 3.05) is 24.2 Å². The molecular formula is C13H16N2O3S. The largest absolute Gasteiger partial charge is 0.326 e. The Hall–Kier alpha value is -1.40. The lowest BCUT2D eigenvalue weighted by atomic mass is 10.1. The van der Waals surface area contributed by atoms with Crippen LogP contribution in [-0.4, -0.2) is 33.2 Å². The summed E-state index contributed by atoms with van der Waals surface area (Å²) >= 11 is 0. The molecule has 1 saturated heterocycles. The van der Waals surface area contributed by atoms with E-state index in [1.165, 1.54) is 0 Å². The van der Waals surface area contributed by atoms with Crippen LogP contribution in [0.25, 0.3) is 0 Å². The highest BCUT2D eigenvalue weighted by Crippen LogP contribution is 2.28. The zero-order chi connectivity index (χ0) is 13.5. The average Bonchev–Trinajstić information content (AvgIpc) is 2.99. The average molecular weight is 280 g/mol. The van der Waals surface area contributed by atoms with E-state index < -0.39 is 9.84 Å². The summed E-state index contributed by atoms with van der Waals surface area (Å²) in [6, 6.07) is 5.15. The molecule has 1 amide bonds. The molecule has 0 bridgehead atoms. The van der Waals surface area contributed by atoms with Crippen LogP contribution in [-0.2, 0) is 21.1 Å². The number of carbonyl (C=O) groups excluding carboxylic acids is 1. The van der Waals surface area contributed by atoms with E-state index in [0.29, 0.717) is 23.5 Å². The van der Waals surface area contributed by atoms with Crippen molar-refractivity contribution in [2.45, 2.75) is 17.7 Å². The topological polar surface area (TPSA) is 75.3 Å². The normalized spacial score (nSPS) is 24.1. The molecule has 2 heterocycles. The van der Waals surface area contributed by atoms with E-state index in [-0.39, 0.29) is 17.6 Å². The zero-order valence-corrected chi connectivity index (χ0v) is 11.3. The van der Waals surface area contributed by atoms with Crippen molar-refractivity contribution in [3.8, 4) is 0 Å². The fourth-order valence-electron chi connectivity index (χ4n) is 2.61. The number of amides is 1. The fraction of sp³-hybridized carbons (Fsp3) is 0.462. The lowest BCUT2D eigenvalue weighted by molar-refractivity contribution is -0.119. The molecule has 0 aliphatic carbocycles. The Kier molecular flexibility index (Phi) is 3.06. The van der Waals surface area contributed by atoms with Crippen LogP contribution in [0.15, 0.2) is 23.1 Å². The van der Waals surface area contributed by atoms with Crippen molar-refractivity contribution >= 4 is 21.4 Å². The van der Waals surface area contributed by atoms with Gasteiger partial charge < -0.3 is 10.6 Å². The molecule has 19 heavy (non-hydrogen) atoms. The summed E-state index contributed by atoms with van der Waals surface area (Å²) in [5, 5.41) is 5.95. The van der Waals surface area contributed by atoms with Gasteiger partial charge >= 0.3 is 0 Å². The number of aryl methyl sites for hydroxylation is 1. The van der Waals surface area contributed by atoms with Crippen molar-refractivity contribution in [1.29, 1.82) is 0 Å². The van der Waals surface area contributed by atoms with Crippen LogP contribution in [0.2, 0.25) is 0 Å². The maximum atomic E-state index is 12.0. The molecular weight excluding hydrogens is 264 g/mol. The molecule has 0 spiro atoms. The molecule has 5 nitrogen and oxygen atoms in total. The third-order valence-corrected chi connectivity index (χ3v) is 5.53. The Bertz CT molecular complexity index is 619. The van der Waals surface area contributed by atoms with Crippen molar-refractivity contribution in [2.24, 2.45) is 5.92 Å². The maximum absolute atomic E-state index is 12.0. The summed E-state index contributed by atoms with van der Waals surface area (Å²) in [6.07, 6.45) is 1.40. The molecule has 1 fully saturated rings. The number of carbonyl (C=O) groups is 1. The smallest absolute Gasteiger partial charge is 0.228 e. The second kappa shape index (κ2) is 4.61. The van der Waals surface area contributed by atoms with Gasteiger partial charge in [0.25, 0.3) is 0 Å². The molecule has 0 aromatic heterocycles. The monoisotopic (exact) mass is 280 g/mol. The Morgan fingerprint density at radius 3 is 2.95 bits per heavy atom. The number of hydrogen-bond donors (Lipinski definition) is 2. The number of hydrogen-bond acceptors (Lipinski definition) is 4. The number of nitrogens with one attached hydrogen (secondary N) is 2. The van der Waals surface area contributed by atoms with E-state index in [1.807, 2.05) is 0 Å². The van der Waals surface area contributed by atoms with E-state index in [4.69, 9.17) is 0 Å². The Labute approximate surface area is 112 Å². The number of sulfone groups is 1. The van der Waals surface area contributed by atoms with E-state index in [2.05, 4.69) is 10.6 Å². The Morgan fingerprint density at radius 1 is 1.37 bits per heavy atom. The minimum absolute atomic E-state index is 0.0233. The summed E-state index contributed by atoms with van der Waals surface area (Å²) in [7, 11) is -3.15. The molecule has 1 unspecified atom stereocenters. The molecule has 6 heteroatoms. The van der Waals surface area contributed by atoms with Crippen molar-refractivity contribution in [3.05, 3.63) is 23.8 Å². The third kappa shape index (κ3) is 2.37. The van der Waals surface area contributed by atoms with Crippen molar-refractivity contribution in [3.63, 3.8) is 0 Å². The summed E-state index contributed by atoms with van der Waals surface area (Å²) in [6.45, 7) is 1.55. The Morgan fingerprint density at radius 2 is 2.21 bits per heavy atom. The van der Waals surface area contributed by atoms with Gasteiger partial charge in [0.05, 0.1) is 16.6 Å². The SMILES string of the molecule is O=C(Nc1ccc2c(c1)S(=O)(=O)CC2)C1CCNC1. The summed E-state index contributed by atoms with van der Waals surface area (Å²) < 4.78 is 23.6. The second-order valence-corrected chi connectivity index (χ2v) is 7.15. The fourth-order valence-corrected chi connectivity index (χ4v) is 4.19. The van der Waals surface area contributed by atoms with Gasteiger partial charge in [-0.05, 0) is 37.1 Å². The van der Waals surface area contributed by atoms with Crippen LogP contribution >= 0.6 is 0 Å². The predicted octanol–water partition coefficient (Wildman–Crippen LogP) is 0.564. The lowest BCUT2D eigenvalue weighted by Gasteiger charge is -2.10. The van der Waals surface area contributed by atoms with E-state index >= 15 is 0 Å². The van der Waals surface area contributed by atoms with Crippen LogP contribution in [0.3, 0.4) is 0 Å². The molecule has 2 aliphatic heterocycles. The highest BCUT2D eigenvalue weighted by atomic mass is 32.2. The summed E-state index contributed by atoms with van der Waals surface area (Å²) in [5.74, 6) is 0.108. The highest BCUT2D eigenvalue weighted by molar-refractivity contribution is 7.91. The van der Waals surface area contributed by atoms with Gasteiger partial charge in [0.15, 0.2) is 9.84 Å². The van der Waals surface area contributed by atoms with Crippen LogP contribution in [0.4, 0.5) is 5.69 Å². The van der Waals surface area contributed by atoms with Gasteiger partial charge in [0, 0.05) is 12.2 Å². The van der Waals surface area contributed by atoms with E-state index in [1.54, 1.807) is 18.2 Å². The molecule has 1 atom stereocenters. The molecule has 3 rings (SSSR count). The molecule has 0 radical (unpaired) electrons. The van der Waals surface area contributed by atoms with Crippen LogP contribution in [0.5, 0.6) is 0 Å². The molecule has 0 saturated carbocycles. The van der Waals surface area contributed by atoms with Gasteiger partial charge in [0.1, 0.15) is 0 Å². The van der Waals surface area contributed by atoms with Gasteiger partial charge in [-0.2, -0.15) is 0 Å². The van der Waals surface area contributed by atoms with Gasteiger partial charge in [-0.25, -0.2) is 8.42 Å². The first kappa shape index (κ1) is 12.6. The summed E-state index contributed by atoms with van der Waals surface area (Å²) in [4.78, 5) is 12.3. The molecule has 102 valence electrons. The van der Waals surface area contributed by atoms with E-state index in [0.717, 1.165) is 18.5 Å². The molecule has 2 aliphatic rings. The first-order valence-electron chi connectivity index (χ1n) is 6.43. The van der Waals surface area contributed by atoms with Crippen LogP contribution in [0.1, 0.15) is 12.0 Å². The molecule has 1 aromatic rings. The molecule has 2 N–H and O–H groups in total. The maximum Gasteiger partial charge on any atom is 0.228 e. The Balaban J connectivity index is 1.81. The predicted molar refractivity (Wildman–Crippen MR) is 71.8 cm³/mol. The minimum atomic E-state index is -3.15. The van der Waals surface area contributed by atoms with Crippen LogP contribution in [0, 0.1) is 5.92 Å². The lowest BCUT2D eigenvalue weighted by Crippen LogP contribution is -2.24. The number of rotatable bonds is 2. The number of anilines is 1. The highest BCUT2D eigenvalue weighted by Gasteiger charge is 2.27. The number of benzene rings is 1. The second-order valence-electron chi connectivity index (χ2n) is 5.07. The zero-order valence-electron chi connectivity index (χ0n) is 10.5.